The Morgan fingerprint density at radius 3 is 2.42 bits per heavy atom. The van der Waals surface area contributed by atoms with Crippen LogP contribution in [0.25, 0.3) is 0 Å². The molecule has 0 spiro atoms. The normalized spacial score (nSPS) is 10.4. The van der Waals surface area contributed by atoms with Crippen molar-refractivity contribution in [2.45, 2.75) is 0 Å². The van der Waals surface area contributed by atoms with Crippen LogP contribution in [0, 0.1) is 5.82 Å². The van der Waals surface area contributed by atoms with E-state index in [9.17, 15) is 14.0 Å². The Bertz CT molecular complexity index is 727. The molecule has 1 N–H and O–H groups in total. The maximum Gasteiger partial charge on any atom is 0.337 e. The van der Waals surface area contributed by atoms with Gasteiger partial charge in [-0.2, -0.15) is 0 Å². The number of halogens is 1. The van der Waals surface area contributed by atoms with Crippen LogP contribution in [-0.2, 0) is 14.4 Å². The lowest BCUT2D eigenvalue weighted by molar-refractivity contribution is -0.120. The molecule has 2 aromatic carbocycles. The summed E-state index contributed by atoms with van der Waals surface area (Å²) >= 11 is 0. The second-order valence-corrected chi connectivity index (χ2v) is 4.68. The van der Waals surface area contributed by atoms with Crippen LogP contribution in [-0.4, -0.2) is 31.8 Å². The molecule has 0 atom stereocenters. The van der Waals surface area contributed by atoms with Gasteiger partial charge in [-0.1, -0.05) is 17.3 Å². The fourth-order valence-electron chi connectivity index (χ4n) is 1.75. The van der Waals surface area contributed by atoms with E-state index >= 15 is 0 Å². The molecule has 1 amide bonds. The number of anilines is 1. The summed E-state index contributed by atoms with van der Waals surface area (Å²) in [6.07, 6.45) is 1.41. The molecule has 2 rings (SSSR count). The predicted octanol–water partition coefficient (Wildman–Crippen LogP) is 2.60. The zero-order valence-corrected chi connectivity index (χ0v) is 12.9. The zero-order valence-electron chi connectivity index (χ0n) is 12.9. The van der Waals surface area contributed by atoms with E-state index in [1.54, 1.807) is 24.3 Å². The van der Waals surface area contributed by atoms with Gasteiger partial charge in [-0.15, -0.1) is 0 Å². The number of carbonyl (C=O) groups excluding carboxylic acids is 2. The Morgan fingerprint density at radius 1 is 1.12 bits per heavy atom. The molecule has 0 aliphatic heterocycles. The predicted molar refractivity (Wildman–Crippen MR) is 86.4 cm³/mol. The van der Waals surface area contributed by atoms with Crippen LogP contribution in [0.5, 0.6) is 0 Å². The number of methoxy groups -OCH3 is 1. The SMILES string of the molecule is COC(=O)c1ccc(/C=N/OCC(=O)Nc2ccc(F)cc2)cc1. The number of esters is 1. The first-order valence-corrected chi connectivity index (χ1v) is 6.97. The van der Waals surface area contributed by atoms with Crippen LogP contribution >= 0.6 is 0 Å². The van der Waals surface area contributed by atoms with Crippen molar-refractivity contribution in [2.24, 2.45) is 5.16 Å². The molecule has 0 unspecified atom stereocenters. The van der Waals surface area contributed by atoms with E-state index in [1.807, 2.05) is 0 Å². The Balaban J connectivity index is 1.78. The molecule has 6 nitrogen and oxygen atoms in total. The van der Waals surface area contributed by atoms with Gasteiger partial charge in [0.1, 0.15) is 5.82 Å². The summed E-state index contributed by atoms with van der Waals surface area (Å²) in [4.78, 5) is 27.8. The number of hydrogen-bond acceptors (Lipinski definition) is 5. The van der Waals surface area contributed by atoms with Crippen LogP contribution in [0.2, 0.25) is 0 Å². The molecule has 24 heavy (non-hydrogen) atoms. The number of benzene rings is 2. The minimum Gasteiger partial charge on any atom is -0.465 e. The Labute approximate surface area is 137 Å². The highest BCUT2D eigenvalue weighted by atomic mass is 19.1. The maximum atomic E-state index is 12.7. The number of nitrogens with zero attached hydrogens (tertiary/aromatic N) is 1. The van der Waals surface area contributed by atoms with Crippen LogP contribution in [0.15, 0.2) is 53.7 Å². The second-order valence-electron chi connectivity index (χ2n) is 4.68. The lowest BCUT2D eigenvalue weighted by Gasteiger charge is -2.03. The highest BCUT2D eigenvalue weighted by Gasteiger charge is 2.04. The van der Waals surface area contributed by atoms with E-state index in [4.69, 9.17) is 4.84 Å². The van der Waals surface area contributed by atoms with Crippen molar-refractivity contribution in [3.63, 3.8) is 0 Å². The second kappa shape index (κ2) is 8.42. The van der Waals surface area contributed by atoms with Crippen molar-refractivity contribution in [1.29, 1.82) is 0 Å². The molecule has 2 aromatic rings. The third-order valence-corrected chi connectivity index (χ3v) is 2.93. The molecule has 0 fully saturated rings. The molecule has 124 valence electrons. The summed E-state index contributed by atoms with van der Waals surface area (Å²) in [6, 6.07) is 11.9. The zero-order chi connectivity index (χ0) is 17.4. The number of carbonyl (C=O) groups is 2. The van der Waals surface area contributed by atoms with E-state index < -0.39 is 11.9 Å². The summed E-state index contributed by atoms with van der Waals surface area (Å²) < 4.78 is 17.3. The van der Waals surface area contributed by atoms with E-state index in [2.05, 4.69) is 15.2 Å². The molecule has 0 aromatic heterocycles. The molecule has 0 bridgehead atoms. The van der Waals surface area contributed by atoms with Crippen LogP contribution in [0.1, 0.15) is 15.9 Å². The van der Waals surface area contributed by atoms with E-state index in [-0.39, 0.29) is 12.4 Å². The van der Waals surface area contributed by atoms with Gasteiger partial charge in [0, 0.05) is 5.69 Å². The van der Waals surface area contributed by atoms with Gasteiger partial charge in [0.2, 0.25) is 0 Å². The number of ether oxygens (including phenoxy) is 1. The van der Waals surface area contributed by atoms with Gasteiger partial charge in [0.25, 0.3) is 5.91 Å². The van der Waals surface area contributed by atoms with Crippen molar-refractivity contribution in [2.75, 3.05) is 19.0 Å². The first-order valence-electron chi connectivity index (χ1n) is 6.97. The Kier molecular flexibility index (Phi) is 6.01. The summed E-state index contributed by atoms with van der Waals surface area (Å²) in [7, 11) is 1.31. The van der Waals surface area contributed by atoms with E-state index in [0.717, 1.165) is 0 Å². The number of nitrogens with one attached hydrogen (secondary N) is 1. The third kappa shape index (κ3) is 5.20. The maximum absolute atomic E-state index is 12.7. The van der Waals surface area contributed by atoms with Crippen molar-refractivity contribution >= 4 is 23.8 Å². The smallest absolute Gasteiger partial charge is 0.337 e. The first kappa shape index (κ1) is 17.1. The lowest BCUT2D eigenvalue weighted by atomic mass is 10.1. The molecule has 0 aliphatic carbocycles. The van der Waals surface area contributed by atoms with E-state index in [0.29, 0.717) is 16.8 Å². The standard InChI is InChI=1S/C17H15FN2O4/c1-23-17(22)13-4-2-12(3-5-13)10-19-24-11-16(21)20-15-8-6-14(18)7-9-15/h2-10H,11H2,1H3,(H,20,21)/b19-10+. The summed E-state index contributed by atoms with van der Waals surface area (Å²) in [5.41, 5.74) is 1.59. The number of oxime groups is 1. The van der Waals surface area contributed by atoms with Gasteiger partial charge in [-0.05, 0) is 42.0 Å². The number of amides is 1. The average molecular weight is 330 g/mol. The molecule has 7 heteroatoms. The van der Waals surface area contributed by atoms with E-state index in [1.165, 1.54) is 37.6 Å². The molecular weight excluding hydrogens is 315 g/mol. The molecule has 0 saturated heterocycles. The molecule has 0 saturated carbocycles. The molecule has 0 radical (unpaired) electrons. The van der Waals surface area contributed by atoms with Crippen molar-refractivity contribution < 1.29 is 23.6 Å². The summed E-state index contributed by atoms with van der Waals surface area (Å²) in [6.45, 7) is -0.284. The van der Waals surface area contributed by atoms with Crippen molar-refractivity contribution in [3.05, 3.63) is 65.5 Å². The Hall–Kier alpha value is -3.22. The third-order valence-electron chi connectivity index (χ3n) is 2.93. The van der Waals surface area contributed by atoms with Crippen molar-refractivity contribution in [1.82, 2.24) is 0 Å². The van der Waals surface area contributed by atoms with Crippen LogP contribution in [0.4, 0.5) is 10.1 Å². The van der Waals surface area contributed by atoms with Gasteiger partial charge >= 0.3 is 5.97 Å². The minimum atomic E-state index is -0.424. The van der Waals surface area contributed by atoms with Crippen LogP contribution in [0.3, 0.4) is 0 Å². The van der Waals surface area contributed by atoms with Gasteiger partial charge in [0.15, 0.2) is 6.61 Å². The van der Waals surface area contributed by atoms with Crippen LogP contribution < -0.4 is 5.32 Å². The van der Waals surface area contributed by atoms with Gasteiger partial charge in [0.05, 0.1) is 18.9 Å². The van der Waals surface area contributed by atoms with Gasteiger partial charge < -0.3 is 14.9 Å². The largest absolute Gasteiger partial charge is 0.465 e. The first-order chi connectivity index (χ1) is 11.6. The van der Waals surface area contributed by atoms with Crippen molar-refractivity contribution in [3.8, 4) is 0 Å². The van der Waals surface area contributed by atoms with Gasteiger partial charge in [-0.25, -0.2) is 9.18 Å². The quantitative estimate of drug-likeness (QED) is 0.502. The highest BCUT2D eigenvalue weighted by molar-refractivity contribution is 5.92. The summed E-state index contributed by atoms with van der Waals surface area (Å²) in [5.74, 6) is -1.22. The highest BCUT2D eigenvalue weighted by Crippen LogP contribution is 2.08. The fourth-order valence-corrected chi connectivity index (χ4v) is 1.75. The molecular formula is C17H15FN2O4. The Morgan fingerprint density at radius 2 is 1.79 bits per heavy atom. The number of rotatable bonds is 6. The molecule has 0 aliphatic rings. The van der Waals surface area contributed by atoms with Gasteiger partial charge in [-0.3, -0.25) is 4.79 Å². The fraction of sp³-hybridized carbons (Fsp3) is 0.118. The minimum absolute atomic E-state index is 0.284. The average Bonchev–Trinajstić information content (AvgIpc) is 2.60. The summed E-state index contributed by atoms with van der Waals surface area (Å²) in [5, 5.41) is 6.21. The number of hydrogen-bond donors (Lipinski definition) is 1. The topological polar surface area (TPSA) is 77.0 Å². The monoisotopic (exact) mass is 330 g/mol. The molecule has 0 heterocycles. The lowest BCUT2D eigenvalue weighted by Crippen LogP contribution is -2.16.